The molecule has 3 rings (SSSR count). The van der Waals surface area contributed by atoms with Gasteiger partial charge < -0.3 is 5.32 Å². The Morgan fingerprint density at radius 1 is 1.27 bits per heavy atom. The molecule has 0 aliphatic carbocycles. The number of nitrogens with one attached hydrogen (secondary N) is 1. The molecule has 1 fully saturated rings. The second-order valence-corrected chi connectivity index (χ2v) is 5.56. The van der Waals surface area contributed by atoms with Crippen LogP contribution in [0.5, 0.6) is 0 Å². The van der Waals surface area contributed by atoms with Gasteiger partial charge in [0.25, 0.3) is 0 Å². The van der Waals surface area contributed by atoms with Crippen LogP contribution in [0, 0.1) is 11.3 Å². The molecule has 1 aliphatic rings. The van der Waals surface area contributed by atoms with Gasteiger partial charge in [0.2, 0.25) is 0 Å². The maximum Gasteiger partial charge on any atom is 0.142 e. The summed E-state index contributed by atoms with van der Waals surface area (Å²) in [6, 6.07) is 14.0. The van der Waals surface area contributed by atoms with E-state index in [4.69, 9.17) is 5.26 Å². The molecule has 0 unspecified atom stereocenters. The molecule has 0 bridgehead atoms. The molecule has 22 heavy (non-hydrogen) atoms. The van der Waals surface area contributed by atoms with Crippen LogP contribution in [-0.4, -0.2) is 34.0 Å². The van der Waals surface area contributed by atoms with Crippen LogP contribution in [-0.2, 0) is 6.54 Å². The molecule has 2 aromatic heterocycles. The maximum absolute atomic E-state index is 8.92. The minimum Gasteiger partial charge on any atom is -0.366 e. The molecule has 1 N–H and O–H groups in total. The number of hydrogen-bond donors (Lipinski definition) is 1. The van der Waals surface area contributed by atoms with E-state index in [9.17, 15) is 0 Å². The van der Waals surface area contributed by atoms with E-state index < -0.39 is 0 Å². The van der Waals surface area contributed by atoms with Crippen LogP contribution in [0.1, 0.15) is 24.2 Å². The number of rotatable bonds is 4. The summed E-state index contributed by atoms with van der Waals surface area (Å²) in [6.45, 7) is 2.94. The summed E-state index contributed by atoms with van der Waals surface area (Å²) in [5.41, 5.74) is 1.55. The number of piperidine rings is 1. The molecule has 1 saturated heterocycles. The van der Waals surface area contributed by atoms with E-state index in [1.807, 2.05) is 30.5 Å². The SMILES string of the molecule is N#Cc1cccc(N[C@H]2CCCN(Cc3ccccn3)C2)n1. The molecule has 1 aliphatic heterocycles. The Kier molecular flexibility index (Phi) is 4.62. The van der Waals surface area contributed by atoms with Crippen molar-refractivity contribution in [2.75, 3.05) is 18.4 Å². The van der Waals surface area contributed by atoms with Crippen molar-refractivity contribution in [3.8, 4) is 6.07 Å². The molecule has 0 aromatic carbocycles. The first-order chi connectivity index (χ1) is 10.8. The normalized spacial score (nSPS) is 18.6. The van der Waals surface area contributed by atoms with Crippen molar-refractivity contribution in [2.45, 2.75) is 25.4 Å². The zero-order valence-electron chi connectivity index (χ0n) is 12.4. The van der Waals surface area contributed by atoms with Crippen LogP contribution < -0.4 is 5.32 Å². The molecule has 0 spiro atoms. The predicted molar refractivity (Wildman–Crippen MR) is 85.1 cm³/mol. The van der Waals surface area contributed by atoms with E-state index in [0.717, 1.165) is 44.0 Å². The van der Waals surface area contributed by atoms with Gasteiger partial charge in [-0.05, 0) is 43.7 Å². The van der Waals surface area contributed by atoms with Gasteiger partial charge in [0, 0.05) is 25.3 Å². The number of anilines is 1. The average Bonchev–Trinajstić information content (AvgIpc) is 2.56. The number of aromatic nitrogens is 2. The lowest BCUT2D eigenvalue weighted by Crippen LogP contribution is -2.41. The first kappa shape index (κ1) is 14.5. The van der Waals surface area contributed by atoms with E-state index in [1.165, 1.54) is 0 Å². The van der Waals surface area contributed by atoms with Crippen molar-refractivity contribution in [2.24, 2.45) is 0 Å². The van der Waals surface area contributed by atoms with Crippen molar-refractivity contribution >= 4 is 5.82 Å². The van der Waals surface area contributed by atoms with E-state index >= 15 is 0 Å². The molecular weight excluding hydrogens is 274 g/mol. The number of nitrogens with zero attached hydrogens (tertiary/aromatic N) is 4. The van der Waals surface area contributed by atoms with Gasteiger partial charge in [0.15, 0.2) is 0 Å². The lowest BCUT2D eigenvalue weighted by atomic mass is 10.1. The summed E-state index contributed by atoms with van der Waals surface area (Å²) in [5, 5.41) is 12.4. The van der Waals surface area contributed by atoms with E-state index in [2.05, 4.69) is 32.3 Å². The summed E-state index contributed by atoms with van der Waals surface area (Å²) in [7, 11) is 0. The molecule has 5 heteroatoms. The fraction of sp³-hybridized carbons (Fsp3) is 0.353. The smallest absolute Gasteiger partial charge is 0.142 e. The standard InChI is InChI=1S/C17H19N5/c18-11-14-6-3-8-17(20-14)21-16-7-4-10-22(13-16)12-15-5-1-2-9-19-15/h1-3,5-6,8-9,16H,4,7,10,12-13H2,(H,20,21)/t16-/m0/s1. The van der Waals surface area contributed by atoms with E-state index in [0.29, 0.717) is 11.7 Å². The second kappa shape index (κ2) is 7.01. The summed E-state index contributed by atoms with van der Waals surface area (Å²) in [4.78, 5) is 11.1. The van der Waals surface area contributed by atoms with Crippen molar-refractivity contribution in [1.29, 1.82) is 5.26 Å². The van der Waals surface area contributed by atoms with Crippen LogP contribution in [0.3, 0.4) is 0 Å². The van der Waals surface area contributed by atoms with Crippen LogP contribution >= 0.6 is 0 Å². The second-order valence-electron chi connectivity index (χ2n) is 5.56. The zero-order valence-corrected chi connectivity index (χ0v) is 12.4. The highest BCUT2D eigenvalue weighted by Gasteiger charge is 2.20. The highest BCUT2D eigenvalue weighted by atomic mass is 15.2. The van der Waals surface area contributed by atoms with Crippen molar-refractivity contribution in [3.63, 3.8) is 0 Å². The molecule has 0 radical (unpaired) electrons. The Hall–Kier alpha value is -2.45. The fourth-order valence-electron chi connectivity index (χ4n) is 2.82. The third-order valence-electron chi connectivity index (χ3n) is 3.83. The maximum atomic E-state index is 8.92. The van der Waals surface area contributed by atoms with Crippen LogP contribution in [0.25, 0.3) is 0 Å². The van der Waals surface area contributed by atoms with Gasteiger partial charge >= 0.3 is 0 Å². The van der Waals surface area contributed by atoms with Gasteiger partial charge in [-0.25, -0.2) is 4.98 Å². The van der Waals surface area contributed by atoms with Gasteiger partial charge in [0.1, 0.15) is 17.6 Å². The van der Waals surface area contributed by atoms with Crippen molar-refractivity contribution in [3.05, 3.63) is 54.0 Å². The monoisotopic (exact) mass is 293 g/mol. The Morgan fingerprint density at radius 2 is 2.23 bits per heavy atom. The Labute approximate surface area is 130 Å². The largest absolute Gasteiger partial charge is 0.366 e. The fourth-order valence-corrected chi connectivity index (χ4v) is 2.82. The summed E-state index contributed by atoms with van der Waals surface area (Å²) < 4.78 is 0. The summed E-state index contributed by atoms with van der Waals surface area (Å²) >= 11 is 0. The van der Waals surface area contributed by atoms with Gasteiger partial charge in [-0.1, -0.05) is 12.1 Å². The molecular formula is C17H19N5. The number of hydrogen-bond acceptors (Lipinski definition) is 5. The van der Waals surface area contributed by atoms with E-state index in [-0.39, 0.29) is 0 Å². The van der Waals surface area contributed by atoms with Gasteiger partial charge in [-0.2, -0.15) is 5.26 Å². The summed E-state index contributed by atoms with van der Waals surface area (Å²) in [5.74, 6) is 0.781. The number of nitriles is 1. The van der Waals surface area contributed by atoms with Crippen molar-refractivity contribution in [1.82, 2.24) is 14.9 Å². The molecule has 1 atom stereocenters. The summed E-state index contributed by atoms with van der Waals surface area (Å²) in [6.07, 6.45) is 4.12. The molecule has 3 heterocycles. The minimum atomic E-state index is 0.360. The highest BCUT2D eigenvalue weighted by molar-refractivity contribution is 5.39. The van der Waals surface area contributed by atoms with Crippen molar-refractivity contribution < 1.29 is 0 Å². The number of likely N-dealkylation sites (tertiary alicyclic amines) is 1. The van der Waals surface area contributed by atoms with Crippen LogP contribution in [0.2, 0.25) is 0 Å². The Morgan fingerprint density at radius 3 is 3.05 bits per heavy atom. The molecule has 0 amide bonds. The predicted octanol–water partition coefficient (Wildman–Crippen LogP) is 2.42. The first-order valence-electron chi connectivity index (χ1n) is 7.59. The molecule has 0 saturated carbocycles. The average molecular weight is 293 g/mol. The Balaban J connectivity index is 1.59. The third kappa shape index (κ3) is 3.80. The minimum absolute atomic E-state index is 0.360. The van der Waals surface area contributed by atoms with Crippen LogP contribution in [0.15, 0.2) is 42.6 Å². The van der Waals surface area contributed by atoms with Gasteiger partial charge in [-0.15, -0.1) is 0 Å². The lowest BCUT2D eigenvalue weighted by molar-refractivity contribution is 0.206. The number of pyridine rings is 2. The topological polar surface area (TPSA) is 64.8 Å². The zero-order chi connectivity index (χ0) is 15.2. The van der Waals surface area contributed by atoms with Gasteiger partial charge in [-0.3, -0.25) is 9.88 Å². The molecule has 112 valence electrons. The van der Waals surface area contributed by atoms with Crippen LogP contribution in [0.4, 0.5) is 5.82 Å². The lowest BCUT2D eigenvalue weighted by Gasteiger charge is -2.33. The third-order valence-corrected chi connectivity index (χ3v) is 3.83. The quantitative estimate of drug-likeness (QED) is 0.938. The Bertz CT molecular complexity index is 650. The molecule has 2 aromatic rings. The van der Waals surface area contributed by atoms with E-state index in [1.54, 1.807) is 6.07 Å². The highest BCUT2D eigenvalue weighted by Crippen LogP contribution is 2.16. The first-order valence-corrected chi connectivity index (χ1v) is 7.59. The molecule has 5 nitrogen and oxygen atoms in total. The van der Waals surface area contributed by atoms with Gasteiger partial charge in [0.05, 0.1) is 5.69 Å².